The van der Waals surface area contributed by atoms with Crippen LogP contribution in [0.2, 0.25) is 0 Å². The molecule has 3 rings (SSSR count). The Morgan fingerprint density at radius 2 is 1.58 bits per heavy atom. The second-order valence-electron chi connectivity index (χ2n) is 7.23. The Bertz CT molecular complexity index is 1140. The van der Waals surface area contributed by atoms with Crippen LogP contribution in [-0.4, -0.2) is 27.1 Å². The summed E-state index contributed by atoms with van der Waals surface area (Å²) in [6, 6.07) is 21.6. The van der Waals surface area contributed by atoms with Crippen LogP contribution in [0.15, 0.2) is 82.6 Å². The third kappa shape index (κ3) is 5.68. The zero-order chi connectivity index (χ0) is 22.4. The van der Waals surface area contributed by atoms with Crippen LogP contribution in [0.25, 0.3) is 0 Å². The number of hydrogen-bond donors (Lipinski definition) is 1. The molecule has 0 aliphatic heterocycles. The molecule has 0 aromatic heterocycles. The van der Waals surface area contributed by atoms with Gasteiger partial charge < -0.3 is 5.32 Å². The summed E-state index contributed by atoms with van der Waals surface area (Å²) in [5.74, 6) is -0.367. The highest BCUT2D eigenvalue weighted by Crippen LogP contribution is 2.25. The number of anilines is 1. The van der Waals surface area contributed by atoms with E-state index in [2.05, 4.69) is 5.32 Å². The quantitative estimate of drug-likeness (QED) is 0.508. The molecule has 31 heavy (non-hydrogen) atoms. The molecule has 0 aliphatic carbocycles. The summed E-state index contributed by atoms with van der Waals surface area (Å²) in [5, 5.41) is 2.84. The minimum atomic E-state index is -3.91. The van der Waals surface area contributed by atoms with Crippen molar-refractivity contribution in [2.24, 2.45) is 0 Å². The molecule has 3 aromatic rings. The molecular weight excluding hydrogens is 428 g/mol. The number of thioether (sulfide) groups is 1. The van der Waals surface area contributed by atoms with Gasteiger partial charge in [0.2, 0.25) is 5.91 Å². The normalized spacial score (nSPS) is 11.2. The van der Waals surface area contributed by atoms with E-state index < -0.39 is 10.0 Å². The van der Waals surface area contributed by atoms with E-state index in [1.807, 2.05) is 56.5 Å². The first-order valence-electron chi connectivity index (χ1n) is 9.86. The average molecular weight is 455 g/mol. The molecule has 0 saturated carbocycles. The van der Waals surface area contributed by atoms with Crippen molar-refractivity contribution in [1.29, 1.82) is 0 Å². The molecule has 0 unspecified atom stereocenters. The minimum absolute atomic E-state index is 0.151. The van der Waals surface area contributed by atoms with Gasteiger partial charge >= 0.3 is 0 Å². The zero-order valence-electron chi connectivity index (χ0n) is 17.8. The number of sulfonamides is 1. The van der Waals surface area contributed by atoms with Crippen LogP contribution < -0.4 is 9.62 Å². The maximum atomic E-state index is 13.4. The van der Waals surface area contributed by atoms with Gasteiger partial charge in [-0.3, -0.25) is 9.10 Å². The maximum absolute atomic E-state index is 13.4. The average Bonchev–Trinajstić information content (AvgIpc) is 2.77. The van der Waals surface area contributed by atoms with E-state index in [4.69, 9.17) is 0 Å². The van der Waals surface area contributed by atoms with E-state index in [9.17, 15) is 13.2 Å². The van der Waals surface area contributed by atoms with Gasteiger partial charge in [0, 0.05) is 11.4 Å². The van der Waals surface area contributed by atoms with Crippen molar-refractivity contribution in [2.75, 3.05) is 17.1 Å². The lowest BCUT2D eigenvalue weighted by Crippen LogP contribution is -2.40. The lowest BCUT2D eigenvalue weighted by atomic mass is 10.1. The van der Waals surface area contributed by atoms with Gasteiger partial charge in [0.25, 0.3) is 10.0 Å². The van der Waals surface area contributed by atoms with Gasteiger partial charge in [0.1, 0.15) is 6.54 Å². The first-order chi connectivity index (χ1) is 14.8. The smallest absolute Gasteiger partial charge is 0.264 e. The van der Waals surface area contributed by atoms with Crippen molar-refractivity contribution in [3.63, 3.8) is 0 Å². The van der Waals surface area contributed by atoms with Crippen LogP contribution in [0.4, 0.5) is 5.69 Å². The molecule has 0 heterocycles. The Morgan fingerprint density at radius 1 is 0.935 bits per heavy atom. The van der Waals surface area contributed by atoms with Crippen molar-refractivity contribution in [1.82, 2.24) is 5.32 Å². The zero-order valence-corrected chi connectivity index (χ0v) is 19.5. The second-order valence-corrected chi connectivity index (χ2v) is 9.97. The molecule has 0 aliphatic rings. The van der Waals surface area contributed by atoms with Crippen LogP contribution >= 0.6 is 11.8 Å². The molecule has 1 N–H and O–H groups in total. The molecule has 0 radical (unpaired) electrons. The summed E-state index contributed by atoms with van der Waals surface area (Å²) in [7, 11) is -3.91. The van der Waals surface area contributed by atoms with Crippen LogP contribution in [-0.2, 0) is 21.4 Å². The van der Waals surface area contributed by atoms with Crippen LogP contribution in [0.3, 0.4) is 0 Å². The molecule has 0 saturated heterocycles. The molecule has 5 nitrogen and oxygen atoms in total. The molecule has 0 fully saturated rings. The van der Waals surface area contributed by atoms with Crippen molar-refractivity contribution < 1.29 is 13.2 Å². The summed E-state index contributed by atoms with van der Waals surface area (Å²) in [5.41, 5.74) is 3.52. The predicted octanol–water partition coefficient (Wildman–Crippen LogP) is 4.54. The van der Waals surface area contributed by atoms with Gasteiger partial charge in [-0.05, 0) is 67.6 Å². The Labute approximate surface area is 188 Å². The summed E-state index contributed by atoms with van der Waals surface area (Å²) in [6.45, 7) is 3.94. The molecule has 3 aromatic carbocycles. The van der Waals surface area contributed by atoms with Gasteiger partial charge in [-0.2, -0.15) is 0 Å². The molecule has 1 amide bonds. The van der Waals surface area contributed by atoms with Gasteiger partial charge in [-0.1, -0.05) is 42.0 Å². The number of carbonyl (C=O) groups excluding carboxylic acids is 1. The fourth-order valence-corrected chi connectivity index (χ4v) is 4.92. The fourth-order valence-electron chi connectivity index (χ4n) is 3.09. The molecule has 0 atom stereocenters. The van der Waals surface area contributed by atoms with Crippen LogP contribution in [0, 0.1) is 13.8 Å². The van der Waals surface area contributed by atoms with E-state index in [0.29, 0.717) is 12.2 Å². The molecule has 0 spiro atoms. The van der Waals surface area contributed by atoms with Crippen LogP contribution in [0.5, 0.6) is 0 Å². The fraction of sp³-hybridized carbons (Fsp3) is 0.208. The Hall–Kier alpha value is -2.77. The maximum Gasteiger partial charge on any atom is 0.264 e. The summed E-state index contributed by atoms with van der Waals surface area (Å²) in [6.07, 6.45) is 1.93. The number of hydrogen-bond acceptors (Lipinski definition) is 4. The monoisotopic (exact) mass is 454 g/mol. The molecular formula is C24H26N2O3S2. The van der Waals surface area contributed by atoms with E-state index in [0.717, 1.165) is 25.9 Å². The minimum Gasteiger partial charge on any atom is -0.350 e. The second kappa shape index (κ2) is 10.0. The van der Waals surface area contributed by atoms with Crippen molar-refractivity contribution in [3.05, 3.63) is 89.5 Å². The summed E-state index contributed by atoms with van der Waals surface area (Å²) >= 11 is 1.54. The van der Waals surface area contributed by atoms with E-state index in [1.54, 1.807) is 36.4 Å². The number of benzene rings is 3. The molecule has 7 heteroatoms. The first-order valence-corrected chi connectivity index (χ1v) is 12.5. The largest absolute Gasteiger partial charge is 0.350 e. The highest BCUT2D eigenvalue weighted by atomic mass is 32.2. The van der Waals surface area contributed by atoms with E-state index in [1.165, 1.54) is 11.8 Å². The molecule has 0 bridgehead atoms. The summed E-state index contributed by atoms with van der Waals surface area (Å²) in [4.78, 5) is 13.9. The van der Waals surface area contributed by atoms with Crippen molar-refractivity contribution in [2.45, 2.75) is 30.2 Å². The highest BCUT2D eigenvalue weighted by molar-refractivity contribution is 7.98. The van der Waals surface area contributed by atoms with Crippen molar-refractivity contribution >= 4 is 33.4 Å². The number of amides is 1. The van der Waals surface area contributed by atoms with Crippen molar-refractivity contribution in [3.8, 4) is 0 Å². The number of rotatable bonds is 8. The third-order valence-corrected chi connectivity index (χ3v) is 7.53. The van der Waals surface area contributed by atoms with Gasteiger partial charge in [-0.25, -0.2) is 8.42 Å². The Morgan fingerprint density at radius 3 is 2.19 bits per heavy atom. The van der Waals surface area contributed by atoms with Gasteiger partial charge in [-0.15, -0.1) is 11.8 Å². The van der Waals surface area contributed by atoms with E-state index in [-0.39, 0.29) is 17.3 Å². The SMILES string of the molecule is CSc1ccc(S(=O)(=O)N(CC(=O)NCc2ccccc2C)c2ccc(C)cc2)cc1. The predicted molar refractivity (Wildman–Crippen MR) is 127 cm³/mol. The summed E-state index contributed by atoms with van der Waals surface area (Å²) < 4.78 is 28.0. The number of nitrogens with one attached hydrogen (secondary N) is 1. The van der Waals surface area contributed by atoms with E-state index >= 15 is 0 Å². The topological polar surface area (TPSA) is 66.5 Å². The third-order valence-electron chi connectivity index (χ3n) is 4.99. The lowest BCUT2D eigenvalue weighted by Gasteiger charge is -2.24. The van der Waals surface area contributed by atoms with Gasteiger partial charge in [0.05, 0.1) is 10.6 Å². The lowest BCUT2D eigenvalue weighted by molar-refractivity contribution is -0.119. The highest BCUT2D eigenvalue weighted by Gasteiger charge is 2.27. The standard InChI is InChI=1S/C24H26N2O3S2/c1-18-8-10-21(11-9-18)26(31(28,29)23-14-12-22(30-3)13-15-23)17-24(27)25-16-20-7-5-4-6-19(20)2/h4-15H,16-17H2,1-3H3,(H,25,27). The number of nitrogens with zero attached hydrogens (tertiary/aromatic N) is 1. The van der Waals surface area contributed by atoms with Crippen LogP contribution in [0.1, 0.15) is 16.7 Å². The van der Waals surface area contributed by atoms with Gasteiger partial charge in [0.15, 0.2) is 0 Å². The Balaban J connectivity index is 1.86. The Kier molecular flexibility index (Phi) is 7.41. The first kappa shape index (κ1) is 22.9. The molecule has 162 valence electrons. The number of carbonyl (C=O) groups is 1. The number of aryl methyl sites for hydroxylation is 2.